The van der Waals surface area contributed by atoms with Crippen LogP contribution in [-0.4, -0.2) is 35.9 Å². The van der Waals surface area contributed by atoms with E-state index in [4.69, 9.17) is 9.84 Å². The van der Waals surface area contributed by atoms with Gasteiger partial charge in [-0.3, -0.25) is 4.79 Å². The van der Waals surface area contributed by atoms with Crippen LogP contribution in [0.5, 0.6) is 0 Å². The van der Waals surface area contributed by atoms with Gasteiger partial charge in [0.1, 0.15) is 0 Å². The highest BCUT2D eigenvalue weighted by Crippen LogP contribution is 2.27. The fourth-order valence-electron chi connectivity index (χ4n) is 1.93. The Bertz CT molecular complexity index is 220. The predicted octanol–water partition coefficient (Wildman–Crippen LogP) is 1.40. The lowest BCUT2D eigenvalue weighted by Crippen LogP contribution is -2.45. The van der Waals surface area contributed by atoms with Crippen molar-refractivity contribution >= 4 is 5.97 Å². The predicted molar refractivity (Wildman–Crippen MR) is 57.9 cm³/mol. The van der Waals surface area contributed by atoms with Crippen LogP contribution in [0.3, 0.4) is 0 Å². The molecule has 1 aliphatic heterocycles. The van der Waals surface area contributed by atoms with Gasteiger partial charge in [0.15, 0.2) is 0 Å². The molecule has 1 aliphatic rings. The monoisotopic (exact) mass is 215 g/mol. The second-order valence-electron chi connectivity index (χ2n) is 4.44. The van der Waals surface area contributed by atoms with E-state index in [0.717, 1.165) is 25.9 Å². The number of hydrogen-bond acceptors (Lipinski definition) is 3. The lowest BCUT2D eigenvalue weighted by atomic mass is 9.90. The van der Waals surface area contributed by atoms with E-state index < -0.39 is 5.97 Å². The lowest BCUT2D eigenvalue weighted by molar-refractivity contribution is -0.136. The number of hydrogen-bond donors (Lipinski definition) is 2. The maximum atomic E-state index is 10.4. The zero-order valence-electron chi connectivity index (χ0n) is 9.58. The summed E-state index contributed by atoms with van der Waals surface area (Å²) in [5.74, 6) is -0.743. The van der Waals surface area contributed by atoms with Crippen LogP contribution in [0, 0.1) is 0 Å². The summed E-state index contributed by atoms with van der Waals surface area (Å²) in [4.78, 5) is 10.4. The van der Waals surface area contributed by atoms with Gasteiger partial charge in [-0.1, -0.05) is 6.92 Å². The van der Waals surface area contributed by atoms with Crippen molar-refractivity contribution in [3.05, 3.63) is 0 Å². The average molecular weight is 215 g/mol. The Hall–Kier alpha value is -0.610. The quantitative estimate of drug-likeness (QED) is 0.727. The van der Waals surface area contributed by atoms with Gasteiger partial charge < -0.3 is 15.2 Å². The minimum absolute atomic E-state index is 0.0286. The number of ether oxygens (including phenoxy) is 1. The molecule has 0 spiro atoms. The third kappa shape index (κ3) is 4.18. The molecular weight excluding hydrogens is 194 g/mol. The third-order valence-corrected chi connectivity index (χ3v) is 3.11. The summed E-state index contributed by atoms with van der Waals surface area (Å²) in [7, 11) is 0. The molecule has 0 saturated carbocycles. The first kappa shape index (κ1) is 12.5. The molecule has 1 heterocycles. The molecule has 4 heteroatoms. The maximum absolute atomic E-state index is 10.4. The van der Waals surface area contributed by atoms with Gasteiger partial charge in [-0.25, -0.2) is 0 Å². The summed E-state index contributed by atoms with van der Waals surface area (Å²) in [5.41, 5.74) is -0.0286. The topological polar surface area (TPSA) is 58.6 Å². The largest absolute Gasteiger partial charge is 0.481 e. The van der Waals surface area contributed by atoms with E-state index in [2.05, 4.69) is 19.2 Å². The molecule has 1 saturated heterocycles. The van der Waals surface area contributed by atoms with Crippen molar-refractivity contribution in [3.8, 4) is 0 Å². The van der Waals surface area contributed by atoms with Crippen molar-refractivity contribution in [2.45, 2.75) is 51.2 Å². The Balaban J connectivity index is 2.27. The summed E-state index contributed by atoms with van der Waals surface area (Å²) in [6, 6.07) is 0.406. The van der Waals surface area contributed by atoms with Crippen LogP contribution in [-0.2, 0) is 9.53 Å². The molecule has 0 aromatic heterocycles. The van der Waals surface area contributed by atoms with Crippen LogP contribution >= 0.6 is 0 Å². The molecule has 1 rings (SSSR count). The van der Waals surface area contributed by atoms with Gasteiger partial charge in [0.2, 0.25) is 0 Å². The lowest BCUT2D eigenvalue weighted by Gasteiger charge is -2.38. The SMILES string of the molecule is CCC1(C)CC(NCCC(=O)O)CCO1. The summed E-state index contributed by atoms with van der Waals surface area (Å²) < 4.78 is 5.72. The van der Waals surface area contributed by atoms with Gasteiger partial charge >= 0.3 is 5.97 Å². The molecule has 88 valence electrons. The van der Waals surface area contributed by atoms with Crippen LogP contribution in [0.1, 0.15) is 39.5 Å². The van der Waals surface area contributed by atoms with Gasteiger partial charge in [0.05, 0.1) is 12.0 Å². The standard InChI is InChI=1S/C11H21NO3/c1-3-11(2)8-9(5-7-15-11)12-6-4-10(13)14/h9,12H,3-8H2,1-2H3,(H,13,14). The normalized spacial score (nSPS) is 31.5. The maximum Gasteiger partial charge on any atom is 0.304 e. The zero-order chi connectivity index (χ0) is 11.3. The molecule has 2 N–H and O–H groups in total. The number of carboxylic acids is 1. The second-order valence-corrected chi connectivity index (χ2v) is 4.44. The van der Waals surface area contributed by atoms with Crippen molar-refractivity contribution in [2.75, 3.05) is 13.2 Å². The molecular formula is C11H21NO3. The van der Waals surface area contributed by atoms with Gasteiger partial charge in [-0.05, 0) is 26.2 Å². The summed E-state index contributed by atoms with van der Waals surface area (Å²) >= 11 is 0. The Morgan fingerprint density at radius 3 is 3.00 bits per heavy atom. The number of aliphatic carboxylic acids is 1. The van der Waals surface area contributed by atoms with Crippen molar-refractivity contribution in [3.63, 3.8) is 0 Å². The molecule has 4 nitrogen and oxygen atoms in total. The molecule has 0 aromatic rings. The van der Waals surface area contributed by atoms with Crippen molar-refractivity contribution in [2.24, 2.45) is 0 Å². The third-order valence-electron chi connectivity index (χ3n) is 3.11. The minimum atomic E-state index is -0.743. The Morgan fingerprint density at radius 1 is 1.67 bits per heavy atom. The van der Waals surface area contributed by atoms with E-state index in [1.807, 2.05) is 0 Å². The Morgan fingerprint density at radius 2 is 2.40 bits per heavy atom. The van der Waals surface area contributed by atoms with E-state index in [9.17, 15) is 4.79 Å². The molecule has 1 fully saturated rings. The van der Waals surface area contributed by atoms with Crippen LogP contribution < -0.4 is 5.32 Å². The molecule has 2 unspecified atom stereocenters. The van der Waals surface area contributed by atoms with E-state index in [1.165, 1.54) is 0 Å². The van der Waals surface area contributed by atoms with Crippen molar-refractivity contribution in [1.29, 1.82) is 0 Å². The summed E-state index contributed by atoms with van der Waals surface area (Å²) in [6.07, 6.45) is 3.16. The Kier molecular flexibility index (Phi) is 4.54. The number of carboxylic acid groups (broad SMARTS) is 1. The minimum Gasteiger partial charge on any atom is -0.481 e. The van der Waals surface area contributed by atoms with E-state index in [0.29, 0.717) is 12.6 Å². The highest BCUT2D eigenvalue weighted by Gasteiger charge is 2.31. The van der Waals surface area contributed by atoms with Gasteiger partial charge in [-0.2, -0.15) is 0 Å². The molecule has 0 amide bonds. The van der Waals surface area contributed by atoms with Crippen LogP contribution in [0.15, 0.2) is 0 Å². The molecule has 0 bridgehead atoms. The van der Waals surface area contributed by atoms with E-state index in [1.54, 1.807) is 0 Å². The molecule has 15 heavy (non-hydrogen) atoms. The van der Waals surface area contributed by atoms with Crippen molar-refractivity contribution < 1.29 is 14.6 Å². The highest BCUT2D eigenvalue weighted by molar-refractivity contribution is 5.66. The first-order valence-electron chi connectivity index (χ1n) is 5.65. The van der Waals surface area contributed by atoms with E-state index >= 15 is 0 Å². The summed E-state index contributed by atoms with van der Waals surface area (Å²) in [5, 5.41) is 11.8. The van der Waals surface area contributed by atoms with Gasteiger partial charge in [-0.15, -0.1) is 0 Å². The average Bonchev–Trinajstić information content (AvgIpc) is 2.17. The highest BCUT2D eigenvalue weighted by atomic mass is 16.5. The smallest absolute Gasteiger partial charge is 0.304 e. The molecule has 0 aliphatic carbocycles. The second kappa shape index (κ2) is 5.47. The van der Waals surface area contributed by atoms with Gasteiger partial charge in [0, 0.05) is 19.2 Å². The van der Waals surface area contributed by atoms with Crippen LogP contribution in [0.4, 0.5) is 0 Å². The fourth-order valence-corrected chi connectivity index (χ4v) is 1.93. The fraction of sp³-hybridized carbons (Fsp3) is 0.909. The first-order chi connectivity index (χ1) is 7.06. The summed E-state index contributed by atoms with van der Waals surface area (Å²) in [6.45, 7) is 5.58. The Labute approximate surface area is 91.0 Å². The zero-order valence-corrected chi connectivity index (χ0v) is 9.58. The molecule has 0 aromatic carbocycles. The number of rotatable bonds is 5. The van der Waals surface area contributed by atoms with Gasteiger partial charge in [0.25, 0.3) is 0 Å². The van der Waals surface area contributed by atoms with Crippen molar-refractivity contribution in [1.82, 2.24) is 5.32 Å². The van der Waals surface area contributed by atoms with E-state index in [-0.39, 0.29) is 12.0 Å². The number of carbonyl (C=O) groups is 1. The molecule has 0 radical (unpaired) electrons. The van der Waals surface area contributed by atoms with Crippen LogP contribution in [0.25, 0.3) is 0 Å². The molecule has 2 atom stereocenters. The number of nitrogens with one attached hydrogen (secondary N) is 1. The van der Waals surface area contributed by atoms with Crippen LogP contribution in [0.2, 0.25) is 0 Å². The first-order valence-corrected chi connectivity index (χ1v) is 5.65.